The first-order chi connectivity index (χ1) is 10.2. The van der Waals surface area contributed by atoms with Gasteiger partial charge in [0.1, 0.15) is 11.9 Å². The van der Waals surface area contributed by atoms with Crippen molar-refractivity contribution in [1.29, 1.82) is 0 Å². The average Bonchev–Trinajstić information content (AvgIpc) is 2.99. The average molecular weight is 348 g/mol. The maximum Gasteiger partial charge on any atom is 0.120 e. The number of rotatable bonds is 5. The molecule has 0 radical (unpaired) electrons. The highest BCUT2D eigenvalue weighted by atomic mass is 79.9. The molecule has 0 heterocycles. The number of hydrogen-bond donors (Lipinski definition) is 1. The molecule has 0 aliphatic heterocycles. The molecular weight excluding hydrogens is 326 g/mol. The summed E-state index contributed by atoms with van der Waals surface area (Å²) in [7, 11) is 0. The normalized spacial score (nSPS) is 17.2. The van der Waals surface area contributed by atoms with Gasteiger partial charge in [-0.25, -0.2) is 0 Å². The molecule has 0 saturated heterocycles. The molecule has 0 spiro atoms. The lowest BCUT2D eigenvalue weighted by molar-refractivity contribution is 0.212. The summed E-state index contributed by atoms with van der Waals surface area (Å²) in [6.45, 7) is 3.05. The molecular formula is C18H22BrNO. The molecule has 0 aromatic heterocycles. The largest absolute Gasteiger partial charge is 0.489 e. The van der Waals surface area contributed by atoms with Crippen LogP contribution in [0.3, 0.4) is 0 Å². The molecule has 21 heavy (non-hydrogen) atoms. The summed E-state index contributed by atoms with van der Waals surface area (Å²) in [4.78, 5) is 0. The Balaban J connectivity index is 1.59. The number of halogens is 1. The monoisotopic (exact) mass is 347 g/mol. The molecule has 0 bridgehead atoms. The third-order valence-corrected chi connectivity index (χ3v) is 4.65. The van der Waals surface area contributed by atoms with Crippen molar-refractivity contribution in [2.24, 2.45) is 0 Å². The highest BCUT2D eigenvalue weighted by Crippen LogP contribution is 2.24. The fraction of sp³-hybridized carbons (Fsp3) is 0.444. The number of nitrogens with one attached hydrogen (secondary N) is 1. The van der Waals surface area contributed by atoms with E-state index in [-0.39, 0.29) is 6.10 Å². The minimum Gasteiger partial charge on any atom is -0.489 e. The van der Waals surface area contributed by atoms with E-state index in [0.29, 0.717) is 6.04 Å². The standard InChI is InChI=1S/C18H22BrNO/c1-13(12-20-17-4-2-3-5-17)21-18-9-7-14-10-16(19)8-6-15(14)11-18/h6-11,13,17,20H,2-5,12H2,1H3. The zero-order valence-electron chi connectivity index (χ0n) is 12.4. The molecule has 1 saturated carbocycles. The van der Waals surface area contributed by atoms with Crippen molar-refractivity contribution < 1.29 is 4.74 Å². The molecule has 0 amide bonds. The van der Waals surface area contributed by atoms with Crippen LogP contribution in [0.25, 0.3) is 10.8 Å². The minimum absolute atomic E-state index is 0.193. The van der Waals surface area contributed by atoms with Crippen molar-refractivity contribution in [2.75, 3.05) is 6.54 Å². The minimum atomic E-state index is 0.193. The van der Waals surface area contributed by atoms with Gasteiger partial charge in [0.15, 0.2) is 0 Å². The van der Waals surface area contributed by atoms with Crippen molar-refractivity contribution in [3.63, 3.8) is 0 Å². The van der Waals surface area contributed by atoms with E-state index in [1.807, 2.05) is 0 Å². The van der Waals surface area contributed by atoms with E-state index in [9.17, 15) is 0 Å². The van der Waals surface area contributed by atoms with Crippen molar-refractivity contribution in [2.45, 2.75) is 44.8 Å². The van der Waals surface area contributed by atoms with Gasteiger partial charge in [-0.1, -0.05) is 40.9 Å². The van der Waals surface area contributed by atoms with E-state index in [2.05, 4.69) is 64.6 Å². The summed E-state index contributed by atoms with van der Waals surface area (Å²) in [6, 6.07) is 13.3. The van der Waals surface area contributed by atoms with Crippen LogP contribution in [0.5, 0.6) is 5.75 Å². The summed E-state index contributed by atoms with van der Waals surface area (Å²) >= 11 is 3.50. The van der Waals surface area contributed by atoms with Gasteiger partial charge in [-0.15, -0.1) is 0 Å². The molecule has 3 heteroatoms. The van der Waals surface area contributed by atoms with Gasteiger partial charge in [-0.05, 0) is 54.8 Å². The van der Waals surface area contributed by atoms with Crippen LogP contribution in [0.4, 0.5) is 0 Å². The van der Waals surface area contributed by atoms with Crippen LogP contribution in [0.2, 0.25) is 0 Å². The molecule has 112 valence electrons. The lowest BCUT2D eigenvalue weighted by Crippen LogP contribution is -2.35. The fourth-order valence-corrected chi connectivity index (χ4v) is 3.38. The summed E-state index contributed by atoms with van der Waals surface area (Å²) in [5.41, 5.74) is 0. The fourth-order valence-electron chi connectivity index (χ4n) is 3.00. The van der Waals surface area contributed by atoms with Gasteiger partial charge in [0, 0.05) is 17.1 Å². The van der Waals surface area contributed by atoms with Gasteiger partial charge in [0.2, 0.25) is 0 Å². The third-order valence-electron chi connectivity index (χ3n) is 4.16. The van der Waals surface area contributed by atoms with Crippen LogP contribution in [-0.2, 0) is 0 Å². The van der Waals surface area contributed by atoms with Crippen molar-refractivity contribution in [1.82, 2.24) is 5.32 Å². The predicted octanol–water partition coefficient (Wildman–Crippen LogP) is 4.90. The molecule has 1 fully saturated rings. The quantitative estimate of drug-likeness (QED) is 0.830. The molecule has 1 unspecified atom stereocenters. The summed E-state index contributed by atoms with van der Waals surface area (Å²) in [5, 5.41) is 6.06. The Morgan fingerprint density at radius 2 is 1.86 bits per heavy atom. The van der Waals surface area contributed by atoms with E-state index >= 15 is 0 Å². The smallest absolute Gasteiger partial charge is 0.120 e. The van der Waals surface area contributed by atoms with E-state index in [4.69, 9.17) is 4.74 Å². The summed E-state index contributed by atoms with van der Waals surface area (Å²) < 4.78 is 7.15. The van der Waals surface area contributed by atoms with Gasteiger partial charge in [0.25, 0.3) is 0 Å². The van der Waals surface area contributed by atoms with Gasteiger partial charge in [-0.2, -0.15) is 0 Å². The van der Waals surface area contributed by atoms with Crippen molar-refractivity contribution in [3.8, 4) is 5.75 Å². The second-order valence-electron chi connectivity index (χ2n) is 5.97. The molecule has 1 aliphatic rings. The highest BCUT2D eigenvalue weighted by molar-refractivity contribution is 9.10. The number of fused-ring (bicyclic) bond motifs is 1. The second-order valence-corrected chi connectivity index (χ2v) is 6.89. The summed E-state index contributed by atoms with van der Waals surface area (Å²) in [6.07, 6.45) is 5.56. The SMILES string of the molecule is CC(CNC1CCCC1)Oc1ccc2cc(Br)ccc2c1. The number of benzene rings is 2. The van der Waals surface area contributed by atoms with Crippen LogP contribution < -0.4 is 10.1 Å². The zero-order valence-corrected chi connectivity index (χ0v) is 14.0. The molecule has 1 N–H and O–H groups in total. The zero-order chi connectivity index (χ0) is 14.7. The maximum atomic E-state index is 6.04. The van der Waals surface area contributed by atoms with Gasteiger partial charge in [-0.3, -0.25) is 0 Å². The predicted molar refractivity (Wildman–Crippen MR) is 92.0 cm³/mol. The number of ether oxygens (including phenoxy) is 1. The van der Waals surface area contributed by atoms with Crippen LogP contribution in [0, 0.1) is 0 Å². The second kappa shape index (κ2) is 6.80. The molecule has 1 aliphatic carbocycles. The van der Waals surface area contributed by atoms with E-state index in [0.717, 1.165) is 16.8 Å². The van der Waals surface area contributed by atoms with E-state index in [1.165, 1.54) is 36.5 Å². The lowest BCUT2D eigenvalue weighted by atomic mass is 10.1. The highest BCUT2D eigenvalue weighted by Gasteiger charge is 2.15. The molecule has 1 atom stereocenters. The van der Waals surface area contributed by atoms with Crippen molar-refractivity contribution >= 4 is 26.7 Å². The first kappa shape index (κ1) is 14.9. The first-order valence-electron chi connectivity index (χ1n) is 7.80. The molecule has 3 rings (SSSR count). The first-order valence-corrected chi connectivity index (χ1v) is 8.59. The Morgan fingerprint density at radius 1 is 1.14 bits per heavy atom. The molecule has 2 aromatic carbocycles. The Bertz CT molecular complexity index is 607. The maximum absolute atomic E-state index is 6.04. The van der Waals surface area contributed by atoms with Gasteiger partial charge >= 0.3 is 0 Å². The molecule has 2 aromatic rings. The van der Waals surface area contributed by atoms with E-state index in [1.54, 1.807) is 0 Å². The van der Waals surface area contributed by atoms with Gasteiger partial charge in [0.05, 0.1) is 0 Å². The van der Waals surface area contributed by atoms with Crippen LogP contribution in [0.15, 0.2) is 40.9 Å². The van der Waals surface area contributed by atoms with Crippen molar-refractivity contribution in [3.05, 3.63) is 40.9 Å². The number of hydrogen-bond acceptors (Lipinski definition) is 2. The Kier molecular flexibility index (Phi) is 4.81. The van der Waals surface area contributed by atoms with Crippen LogP contribution >= 0.6 is 15.9 Å². The van der Waals surface area contributed by atoms with Crippen LogP contribution in [-0.4, -0.2) is 18.7 Å². The third kappa shape index (κ3) is 3.98. The van der Waals surface area contributed by atoms with Crippen LogP contribution in [0.1, 0.15) is 32.6 Å². The molecule has 2 nitrogen and oxygen atoms in total. The lowest BCUT2D eigenvalue weighted by Gasteiger charge is -2.18. The summed E-state index contributed by atoms with van der Waals surface area (Å²) in [5.74, 6) is 0.950. The van der Waals surface area contributed by atoms with E-state index < -0.39 is 0 Å². The Morgan fingerprint density at radius 3 is 2.67 bits per heavy atom. The topological polar surface area (TPSA) is 21.3 Å². The Hall–Kier alpha value is -1.06. The van der Waals surface area contributed by atoms with Gasteiger partial charge < -0.3 is 10.1 Å². The Labute approximate surface area is 135 Å².